The van der Waals surface area contributed by atoms with Crippen LogP contribution in [0.5, 0.6) is 17.2 Å². The van der Waals surface area contributed by atoms with Crippen LogP contribution >= 0.6 is 0 Å². The molecule has 1 unspecified atom stereocenters. The maximum absolute atomic E-state index is 13.8. The van der Waals surface area contributed by atoms with Crippen LogP contribution in [0.25, 0.3) is 0 Å². The van der Waals surface area contributed by atoms with E-state index in [1.807, 2.05) is 0 Å². The quantitative estimate of drug-likeness (QED) is 0.888. The van der Waals surface area contributed by atoms with Gasteiger partial charge in [0.1, 0.15) is 23.1 Å². The molecule has 0 saturated carbocycles. The highest BCUT2D eigenvalue weighted by Crippen LogP contribution is 2.31. The van der Waals surface area contributed by atoms with Gasteiger partial charge in [-0.1, -0.05) is 18.2 Å². The minimum absolute atomic E-state index is 0.0585. The number of carboxylic acid groups (broad SMARTS) is 1. The molecule has 0 radical (unpaired) electrons. The summed E-state index contributed by atoms with van der Waals surface area (Å²) < 4.78 is 29.4. The van der Waals surface area contributed by atoms with Gasteiger partial charge in [0.2, 0.25) is 6.10 Å². The van der Waals surface area contributed by atoms with Crippen LogP contribution in [0.3, 0.4) is 0 Å². The fourth-order valence-corrected chi connectivity index (χ4v) is 1.92. The van der Waals surface area contributed by atoms with Gasteiger partial charge >= 0.3 is 5.97 Å². The zero-order chi connectivity index (χ0) is 16.1. The van der Waals surface area contributed by atoms with Crippen LogP contribution in [0.1, 0.15) is 11.7 Å². The molecular weight excluding hydrogens is 291 g/mol. The molecule has 1 atom stereocenters. The Bertz CT molecular complexity index is 649. The molecule has 0 aliphatic rings. The van der Waals surface area contributed by atoms with Crippen molar-refractivity contribution in [2.45, 2.75) is 6.10 Å². The molecule has 116 valence electrons. The first-order chi connectivity index (χ1) is 10.5. The summed E-state index contributed by atoms with van der Waals surface area (Å²) in [5.74, 6) is -0.873. The van der Waals surface area contributed by atoms with Crippen molar-refractivity contribution in [2.24, 2.45) is 0 Å². The van der Waals surface area contributed by atoms with E-state index < -0.39 is 17.9 Å². The lowest BCUT2D eigenvalue weighted by molar-refractivity contribution is -0.145. The fourth-order valence-electron chi connectivity index (χ4n) is 1.92. The van der Waals surface area contributed by atoms with Crippen LogP contribution in [0.4, 0.5) is 4.39 Å². The van der Waals surface area contributed by atoms with E-state index >= 15 is 0 Å². The summed E-state index contributed by atoms with van der Waals surface area (Å²) in [6.45, 7) is 0. The summed E-state index contributed by atoms with van der Waals surface area (Å²) in [5.41, 5.74) is -0.0585. The van der Waals surface area contributed by atoms with E-state index in [2.05, 4.69) is 0 Å². The average molecular weight is 306 g/mol. The molecule has 0 bridgehead atoms. The summed E-state index contributed by atoms with van der Waals surface area (Å²) in [5, 5.41) is 9.31. The van der Waals surface area contributed by atoms with Crippen molar-refractivity contribution in [3.05, 3.63) is 53.8 Å². The lowest BCUT2D eigenvalue weighted by atomic mass is 10.1. The molecule has 6 heteroatoms. The summed E-state index contributed by atoms with van der Waals surface area (Å²) in [7, 11) is 2.92. The number of benzene rings is 2. The minimum atomic E-state index is -1.47. The van der Waals surface area contributed by atoms with Gasteiger partial charge in [-0.2, -0.15) is 0 Å². The minimum Gasteiger partial charge on any atom is -0.496 e. The van der Waals surface area contributed by atoms with Crippen molar-refractivity contribution < 1.29 is 28.5 Å². The average Bonchev–Trinajstić information content (AvgIpc) is 2.52. The van der Waals surface area contributed by atoms with E-state index in [0.29, 0.717) is 11.5 Å². The van der Waals surface area contributed by atoms with E-state index in [0.717, 1.165) is 0 Å². The van der Waals surface area contributed by atoms with E-state index in [9.17, 15) is 14.3 Å². The van der Waals surface area contributed by atoms with Gasteiger partial charge in [0.25, 0.3) is 0 Å². The molecule has 0 aromatic heterocycles. The summed E-state index contributed by atoms with van der Waals surface area (Å²) in [4.78, 5) is 11.4. The highest BCUT2D eigenvalue weighted by atomic mass is 19.1. The molecule has 0 fully saturated rings. The van der Waals surface area contributed by atoms with Gasteiger partial charge in [-0.3, -0.25) is 0 Å². The molecule has 0 aliphatic carbocycles. The molecule has 1 N–H and O–H groups in total. The smallest absolute Gasteiger partial charge is 0.349 e. The largest absolute Gasteiger partial charge is 0.496 e. The Morgan fingerprint density at radius 2 is 1.59 bits per heavy atom. The molecule has 0 spiro atoms. The Morgan fingerprint density at radius 1 is 1.05 bits per heavy atom. The van der Waals surface area contributed by atoms with Crippen molar-refractivity contribution in [2.75, 3.05) is 14.2 Å². The van der Waals surface area contributed by atoms with Gasteiger partial charge < -0.3 is 19.3 Å². The number of hydrogen-bond donors (Lipinski definition) is 1. The van der Waals surface area contributed by atoms with Crippen molar-refractivity contribution in [1.29, 1.82) is 0 Å². The van der Waals surface area contributed by atoms with Gasteiger partial charge in [0, 0.05) is 23.8 Å². The Balaban J connectivity index is 2.37. The van der Waals surface area contributed by atoms with E-state index in [-0.39, 0.29) is 11.3 Å². The number of rotatable bonds is 6. The third kappa shape index (κ3) is 3.46. The molecule has 0 amide bonds. The van der Waals surface area contributed by atoms with E-state index in [4.69, 9.17) is 14.2 Å². The first kappa shape index (κ1) is 15.6. The third-order valence-corrected chi connectivity index (χ3v) is 2.99. The first-order valence-electron chi connectivity index (χ1n) is 6.42. The fraction of sp³-hybridized carbons (Fsp3) is 0.188. The third-order valence-electron chi connectivity index (χ3n) is 2.99. The number of ether oxygens (including phenoxy) is 3. The zero-order valence-corrected chi connectivity index (χ0v) is 12.1. The van der Waals surface area contributed by atoms with Gasteiger partial charge in [0.05, 0.1) is 14.2 Å². The second-order valence-corrected chi connectivity index (χ2v) is 4.41. The monoisotopic (exact) mass is 306 g/mol. The topological polar surface area (TPSA) is 65.0 Å². The van der Waals surface area contributed by atoms with Gasteiger partial charge in [-0.05, 0) is 6.07 Å². The summed E-state index contributed by atoms with van der Waals surface area (Å²) >= 11 is 0. The van der Waals surface area contributed by atoms with Gasteiger partial charge in [0.15, 0.2) is 0 Å². The maximum Gasteiger partial charge on any atom is 0.349 e. The van der Waals surface area contributed by atoms with Gasteiger partial charge in [-0.15, -0.1) is 0 Å². The van der Waals surface area contributed by atoms with Crippen LogP contribution < -0.4 is 14.2 Å². The molecule has 22 heavy (non-hydrogen) atoms. The van der Waals surface area contributed by atoms with Crippen LogP contribution in [-0.2, 0) is 4.79 Å². The predicted octanol–water partition coefficient (Wildman–Crippen LogP) is 3.05. The van der Waals surface area contributed by atoms with Crippen molar-refractivity contribution in [1.82, 2.24) is 0 Å². The second-order valence-electron chi connectivity index (χ2n) is 4.41. The zero-order valence-electron chi connectivity index (χ0n) is 12.1. The standard InChI is InChI=1S/C16H15FO5/c1-20-10-7-11(21-2)9-12(8-10)22-15(16(18)19)13-5-3-4-6-14(13)17/h3-9,15H,1-2H3,(H,18,19). The SMILES string of the molecule is COc1cc(OC)cc(OC(C(=O)O)c2ccccc2F)c1. The predicted molar refractivity (Wildman–Crippen MR) is 77.0 cm³/mol. The molecule has 0 saturated heterocycles. The van der Waals surface area contributed by atoms with Crippen LogP contribution in [0.15, 0.2) is 42.5 Å². The number of halogens is 1. The van der Waals surface area contributed by atoms with Crippen molar-refractivity contribution >= 4 is 5.97 Å². The number of hydrogen-bond acceptors (Lipinski definition) is 4. The van der Waals surface area contributed by atoms with E-state index in [1.54, 1.807) is 12.1 Å². The normalized spacial score (nSPS) is 11.6. The number of carbonyl (C=O) groups is 1. The Labute approximate surface area is 126 Å². The molecule has 2 aromatic carbocycles. The lowest BCUT2D eigenvalue weighted by Gasteiger charge is -2.17. The van der Waals surface area contributed by atoms with E-state index in [1.165, 1.54) is 44.6 Å². The first-order valence-corrected chi connectivity index (χ1v) is 6.42. The number of methoxy groups -OCH3 is 2. The number of carboxylic acids is 1. The lowest BCUT2D eigenvalue weighted by Crippen LogP contribution is -2.19. The molecule has 0 aliphatic heterocycles. The van der Waals surface area contributed by atoms with Crippen LogP contribution in [-0.4, -0.2) is 25.3 Å². The van der Waals surface area contributed by atoms with Crippen molar-refractivity contribution in [3.8, 4) is 17.2 Å². The maximum atomic E-state index is 13.8. The molecule has 5 nitrogen and oxygen atoms in total. The highest BCUT2D eigenvalue weighted by molar-refractivity contribution is 5.75. The van der Waals surface area contributed by atoms with Gasteiger partial charge in [-0.25, -0.2) is 9.18 Å². The number of aliphatic carboxylic acids is 1. The van der Waals surface area contributed by atoms with Crippen LogP contribution in [0.2, 0.25) is 0 Å². The van der Waals surface area contributed by atoms with Crippen LogP contribution in [0, 0.1) is 5.82 Å². The Kier molecular flexibility index (Phi) is 4.83. The highest BCUT2D eigenvalue weighted by Gasteiger charge is 2.25. The molecule has 2 rings (SSSR count). The molecular formula is C16H15FO5. The molecule has 2 aromatic rings. The summed E-state index contributed by atoms with van der Waals surface area (Å²) in [6, 6.07) is 10.2. The van der Waals surface area contributed by atoms with Crippen molar-refractivity contribution in [3.63, 3.8) is 0 Å². The Hall–Kier alpha value is -2.76. The second kappa shape index (κ2) is 6.80. The Morgan fingerprint density at radius 3 is 2.09 bits per heavy atom. The summed E-state index contributed by atoms with van der Waals surface area (Å²) in [6.07, 6.45) is -1.47. The molecule has 0 heterocycles.